The lowest BCUT2D eigenvalue weighted by atomic mass is 9.96. The molecule has 3 N–H and O–H groups in total. The van der Waals surface area contributed by atoms with Crippen molar-refractivity contribution in [2.45, 2.75) is 17.2 Å². The summed E-state index contributed by atoms with van der Waals surface area (Å²) in [6, 6.07) is 19.5. The van der Waals surface area contributed by atoms with E-state index >= 15 is 0 Å². The molecule has 12 heteroatoms. The molecule has 1 aliphatic rings. The maximum Gasteiger partial charge on any atom is 0.327 e. The predicted octanol–water partition coefficient (Wildman–Crippen LogP) is 3.79. The van der Waals surface area contributed by atoms with Gasteiger partial charge in [0.25, 0.3) is 0 Å². The number of ketones is 1. The van der Waals surface area contributed by atoms with Gasteiger partial charge in [-0.05, 0) is 35.9 Å². The van der Waals surface area contributed by atoms with Gasteiger partial charge < -0.3 is 15.1 Å². The molecule has 39 heavy (non-hydrogen) atoms. The number of hydrogen-bond donors (Lipinski definition) is 4. The van der Waals surface area contributed by atoms with E-state index in [1.54, 1.807) is 48.5 Å². The number of Topliss-reactive ketones (excluding diaryl/α,β-unsaturated/α-hetero) is 1. The summed E-state index contributed by atoms with van der Waals surface area (Å²) in [6.45, 7) is 0. The highest BCUT2D eigenvalue weighted by molar-refractivity contribution is 7.99. The molecule has 3 aromatic carbocycles. The molecule has 1 heterocycles. The first-order valence-corrected chi connectivity index (χ1v) is 15.2. The number of nitrogens with zero attached hydrogens (tertiary/aromatic N) is 1. The maximum absolute atomic E-state index is 13.6. The summed E-state index contributed by atoms with van der Waals surface area (Å²) in [6.07, 6.45) is 0. The first-order valence-electron chi connectivity index (χ1n) is 11.9. The lowest BCUT2D eigenvalue weighted by Gasteiger charge is -2.30. The number of phenols is 1. The molecular formula is C27H26N2O7S3. The molecule has 0 bridgehead atoms. The third kappa shape index (κ3) is 6.57. The maximum atomic E-state index is 13.6. The van der Waals surface area contributed by atoms with E-state index in [2.05, 4.69) is 17.4 Å². The number of hydrogen-bond acceptors (Lipinski definition) is 8. The average Bonchev–Trinajstić information content (AvgIpc) is 3.35. The lowest BCUT2D eigenvalue weighted by molar-refractivity contribution is -0.150. The summed E-state index contributed by atoms with van der Waals surface area (Å²) >= 11 is 5.40. The van der Waals surface area contributed by atoms with Crippen LogP contribution in [0.15, 0.2) is 78.9 Å². The number of carboxylic acids is 1. The third-order valence-corrected chi connectivity index (χ3v) is 9.11. The van der Waals surface area contributed by atoms with E-state index in [9.17, 15) is 33.0 Å². The van der Waals surface area contributed by atoms with Gasteiger partial charge in [-0.25, -0.2) is 13.2 Å². The number of thioether (sulfide) groups is 1. The van der Waals surface area contributed by atoms with Gasteiger partial charge in [-0.15, -0.1) is 11.8 Å². The second-order valence-electron chi connectivity index (χ2n) is 8.87. The number of phenolic OH excluding ortho intramolecular Hbond substituents is 1. The summed E-state index contributed by atoms with van der Waals surface area (Å²) < 4.78 is 27.5. The van der Waals surface area contributed by atoms with Crippen LogP contribution < -0.4 is 4.72 Å². The Hall–Kier alpha value is -3.48. The van der Waals surface area contributed by atoms with Gasteiger partial charge in [-0.2, -0.15) is 12.6 Å². The fourth-order valence-electron chi connectivity index (χ4n) is 4.27. The Balaban J connectivity index is 1.53. The van der Waals surface area contributed by atoms with Crippen LogP contribution in [-0.2, 0) is 25.4 Å². The molecule has 0 spiro atoms. The van der Waals surface area contributed by atoms with Crippen molar-refractivity contribution in [1.29, 1.82) is 0 Å². The summed E-state index contributed by atoms with van der Waals surface area (Å²) in [4.78, 5) is 40.1. The Kier molecular flexibility index (Phi) is 8.88. The normalized spacial score (nSPS) is 17.9. The number of carbonyl (C=O) groups is 3. The van der Waals surface area contributed by atoms with Crippen LogP contribution in [0, 0.1) is 5.92 Å². The second kappa shape index (κ2) is 12.1. The van der Waals surface area contributed by atoms with E-state index in [0.29, 0.717) is 11.1 Å². The summed E-state index contributed by atoms with van der Waals surface area (Å²) in [5.41, 5.74) is 1.38. The Labute approximate surface area is 235 Å². The molecular weight excluding hydrogens is 561 g/mol. The van der Waals surface area contributed by atoms with Crippen molar-refractivity contribution < 1.29 is 33.0 Å². The smallest absolute Gasteiger partial charge is 0.327 e. The van der Waals surface area contributed by atoms with Crippen LogP contribution in [0.25, 0.3) is 0 Å². The fraction of sp³-hybridized carbons (Fsp3) is 0.222. The SMILES string of the molecule is O=C(c1ccc(NS(=O)(=O)Cc2ccccc2)cc1)[C@H](CS)C(=O)N1[C@@H](c2ccccc2O)SC[C@H]1C(=O)O. The van der Waals surface area contributed by atoms with E-state index in [0.717, 1.165) is 4.90 Å². The molecule has 1 amide bonds. The number of sulfonamides is 1. The quantitative estimate of drug-likeness (QED) is 0.160. The van der Waals surface area contributed by atoms with Gasteiger partial charge in [0.2, 0.25) is 15.9 Å². The number of aliphatic carboxylic acids is 1. The van der Waals surface area contributed by atoms with Gasteiger partial charge in [-0.1, -0.05) is 48.5 Å². The third-order valence-electron chi connectivity index (χ3n) is 6.18. The Morgan fingerprint density at radius 3 is 2.26 bits per heavy atom. The van der Waals surface area contributed by atoms with Crippen molar-refractivity contribution >= 4 is 57.8 Å². The van der Waals surface area contributed by atoms with Crippen molar-refractivity contribution in [1.82, 2.24) is 4.90 Å². The number of carboxylic acid groups (broad SMARTS) is 1. The van der Waals surface area contributed by atoms with Crippen molar-refractivity contribution in [3.8, 4) is 5.75 Å². The minimum Gasteiger partial charge on any atom is -0.508 e. The molecule has 0 radical (unpaired) electrons. The van der Waals surface area contributed by atoms with Gasteiger partial charge >= 0.3 is 5.97 Å². The molecule has 3 aromatic rings. The highest BCUT2D eigenvalue weighted by atomic mass is 32.2. The number of anilines is 1. The number of amides is 1. The number of para-hydroxylation sites is 1. The van der Waals surface area contributed by atoms with Gasteiger partial charge in [0.15, 0.2) is 5.78 Å². The zero-order chi connectivity index (χ0) is 28.2. The number of nitrogens with one attached hydrogen (secondary N) is 1. The zero-order valence-corrected chi connectivity index (χ0v) is 23.0. The summed E-state index contributed by atoms with van der Waals surface area (Å²) in [5, 5.41) is 19.3. The van der Waals surface area contributed by atoms with Crippen LogP contribution >= 0.6 is 24.4 Å². The Morgan fingerprint density at radius 2 is 1.64 bits per heavy atom. The fourth-order valence-corrected chi connectivity index (χ4v) is 7.25. The minimum absolute atomic E-state index is 0.0853. The highest BCUT2D eigenvalue weighted by Crippen LogP contribution is 2.45. The lowest BCUT2D eigenvalue weighted by Crippen LogP contribution is -2.47. The second-order valence-corrected chi connectivity index (χ2v) is 12.1. The van der Waals surface area contributed by atoms with E-state index in [-0.39, 0.29) is 34.3 Å². The predicted molar refractivity (Wildman–Crippen MR) is 152 cm³/mol. The van der Waals surface area contributed by atoms with Crippen molar-refractivity contribution in [3.05, 3.63) is 95.6 Å². The number of thiol groups is 1. The van der Waals surface area contributed by atoms with Gasteiger partial charge in [0.1, 0.15) is 23.1 Å². The highest BCUT2D eigenvalue weighted by Gasteiger charge is 2.46. The van der Waals surface area contributed by atoms with Crippen LogP contribution in [0.4, 0.5) is 5.69 Å². The minimum atomic E-state index is -3.70. The first-order chi connectivity index (χ1) is 18.6. The van der Waals surface area contributed by atoms with E-state index in [4.69, 9.17) is 0 Å². The van der Waals surface area contributed by atoms with E-state index < -0.39 is 45.0 Å². The van der Waals surface area contributed by atoms with Crippen molar-refractivity contribution in [2.24, 2.45) is 5.92 Å². The zero-order valence-electron chi connectivity index (χ0n) is 20.5. The van der Waals surface area contributed by atoms with Crippen molar-refractivity contribution in [3.63, 3.8) is 0 Å². The molecule has 1 aliphatic heterocycles. The van der Waals surface area contributed by atoms with Crippen LogP contribution in [-0.4, -0.2) is 58.7 Å². The Bertz CT molecular complexity index is 1460. The molecule has 4 rings (SSSR count). The number of carbonyl (C=O) groups excluding carboxylic acids is 2. The number of benzene rings is 3. The number of rotatable bonds is 10. The van der Waals surface area contributed by atoms with Gasteiger partial charge in [0.05, 0.1) is 5.75 Å². The molecule has 1 saturated heterocycles. The summed E-state index contributed by atoms with van der Waals surface area (Å²) in [5.74, 6) is -4.19. The van der Waals surface area contributed by atoms with Crippen LogP contribution in [0.3, 0.4) is 0 Å². The largest absolute Gasteiger partial charge is 0.508 e. The number of aromatic hydroxyl groups is 1. The first kappa shape index (κ1) is 28.5. The Morgan fingerprint density at radius 1 is 1.00 bits per heavy atom. The van der Waals surface area contributed by atoms with Gasteiger partial charge in [0, 0.05) is 28.3 Å². The van der Waals surface area contributed by atoms with E-state index in [1.165, 1.54) is 42.1 Å². The molecule has 0 saturated carbocycles. The van der Waals surface area contributed by atoms with Crippen LogP contribution in [0.5, 0.6) is 5.75 Å². The average molecular weight is 587 g/mol. The molecule has 0 aliphatic carbocycles. The standard InChI is InChI=1S/C27H26N2O7S3/c30-23-9-5-4-8-20(23)26-29(22(15-38-26)27(33)34)25(32)21(14-37)24(31)18-10-12-19(13-11-18)28-39(35,36)16-17-6-2-1-3-7-17/h1-13,21-22,26,28,30,37H,14-16H2,(H,33,34)/t21-,22-,26+/m0/s1. The monoisotopic (exact) mass is 586 g/mol. The molecule has 9 nitrogen and oxygen atoms in total. The topological polar surface area (TPSA) is 141 Å². The molecule has 0 aromatic heterocycles. The molecule has 3 atom stereocenters. The van der Waals surface area contributed by atoms with Crippen molar-refractivity contribution in [2.75, 3.05) is 16.2 Å². The molecule has 1 fully saturated rings. The molecule has 204 valence electrons. The summed E-state index contributed by atoms with van der Waals surface area (Å²) in [7, 11) is -3.70. The van der Waals surface area contributed by atoms with Crippen LogP contribution in [0.1, 0.15) is 26.9 Å². The molecule has 0 unspecified atom stereocenters. The van der Waals surface area contributed by atoms with Crippen LogP contribution in [0.2, 0.25) is 0 Å². The van der Waals surface area contributed by atoms with E-state index in [1.807, 2.05) is 0 Å². The van der Waals surface area contributed by atoms with Gasteiger partial charge in [-0.3, -0.25) is 14.3 Å².